The largest absolute Gasteiger partial charge is 0.511 e. The normalized spacial score (nSPS) is 12.8. The molecule has 1 unspecified atom stereocenters. The number of para-hydroxylation sites is 1. The average Bonchev–Trinajstić information content (AvgIpc) is 3.03. The fourth-order valence-corrected chi connectivity index (χ4v) is 2.42. The molecule has 27 heavy (non-hydrogen) atoms. The summed E-state index contributed by atoms with van der Waals surface area (Å²) < 4.78 is 11.4. The number of carbonyl (C=O) groups excluding carboxylic acids is 1. The third-order valence-electron chi connectivity index (χ3n) is 3.79. The number of nitrogens with one attached hydrogen (secondary N) is 1. The molecule has 1 amide bonds. The van der Waals surface area contributed by atoms with E-state index in [9.17, 15) is 14.7 Å². The van der Waals surface area contributed by atoms with Gasteiger partial charge in [0.15, 0.2) is 16.9 Å². The predicted octanol–water partition coefficient (Wildman–Crippen LogP) is 3.21. The van der Waals surface area contributed by atoms with Crippen molar-refractivity contribution in [1.29, 1.82) is 5.26 Å². The number of carboxylic acid groups (broad SMARTS) is 1. The zero-order chi connectivity index (χ0) is 20.0. The maximum absolute atomic E-state index is 12.0. The van der Waals surface area contributed by atoms with E-state index in [4.69, 9.17) is 19.5 Å². The molecule has 142 valence electrons. The van der Waals surface area contributed by atoms with Crippen molar-refractivity contribution in [1.82, 2.24) is 5.32 Å². The lowest BCUT2D eigenvalue weighted by Crippen LogP contribution is -2.28. The van der Waals surface area contributed by atoms with Crippen molar-refractivity contribution in [3.05, 3.63) is 41.4 Å². The van der Waals surface area contributed by atoms with E-state index < -0.39 is 17.9 Å². The van der Waals surface area contributed by atoms with E-state index in [0.29, 0.717) is 23.5 Å². The summed E-state index contributed by atoms with van der Waals surface area (Å²) in [6.45, 7) is 3.18. The van der Waals surface area contributed by atoms with Crippen LogP contribution in [0.25, 0.3) is 11.0 Å². The molecule has 0 bridgehead atoms. The molecule has 0 fully saturated rings. The van der Waals surface area contributed by atoms with Gasteiger partial charge >= 0.3 is 5.97 Å². The van der Waals surface area contributed by atoms with E-state index in [-0.39, 0.29) is 24.4 Å². The first-order valence-corrected chi connectivity index (χ1v) is 8.31. The van der Waals surface area contributed by atoms with Crippen LogP contribution in [0.1, 0.15) is 38.5 Å². The van der Waals surface area contributed by atoms with Gasteiger partial charge in [0.2, 0.25) is 0 Å². The Labute approximate surface area is 155 Å². The molecular weight excluding hydrogens is 352 g/mol. The molecule has 2 aromatic rings. The lowest BCUT2D eigenvalue weighted by molar-refractivity contribution is -0.137. The number of amides is 1. The highest BCUT2D eigenvalue weighted by molar-refractivity contribution is 5.97. The third-order valence-corrected chi connectivity index (χ3v) is 3.79. The molecule has 3 N–H and O–H groups in total. The van der Waals surface area contributed by atoms with Gasteiger partial charge in [-0.15, -0.1) is 0 Å². The van der Waals surface area contributed by atoms with Crippen LogP contribution in [-0.2, 0) is 9.59 Å². The molecule has 0 aliphatic carbocycles. The van der Waals surface area contributed by atoms with Crippen LogP contribution in [0.4, 0.5) is 0 Å². The highest BCUT2D eigenvalue weighted by Gasteiger charge is 2.19. The second kappa shape index (κ2) is 8.76. The van der Waals surface area contributed by atoms with Crippen molar-refractivity contribution in [2.75, 3.05) is 6.61 Å². The fraction of sp³-hybridized carbons (Fsp3) is 0.316. The lowest BCUT2D eigenvalue weighted by Gasteiger charge is -2.11. The number of fused-ring (bicyclic) bond motifs is 1. The molecule has 0 saturated heterocycles. The van der Waals surface area contributed by atoms with Crippen molar-refractivity contribution in [2.45, 2.75) is 32.7 Å². The third kappa shape index (κ3) is 5.01. The molecule has 2 rings (SSSR count). The number of aliphatic hydroxyl groups excluding tert-OH is 1. The number of rotatable bonds is 8. The molecule has 8 nitrogen and oxygen atoms in total. The van der Waals surface area contributed by atoms with E-state index in [0.717, 1.165) is 5.39 Å². The monoisotopic (exact) mass is 372 g/mol. The summed E-state index contributed by atoms with van der Waals surface area (Å²) in [4.78, 5) is 22.6. The smallest absolute Gasteiger partial charge is 0.303 e. The van der Waals surface area contributed by atoms with Gasteiger partial charge in [-0.3, -0.25) is 9.59 Å². The molecule has 1 aromatic heterocycles. The van der Waals surface area contributed by atoms with E-state index in [1.54, 1.807) is 31.2 Å². The number of allylic oxidation sites excluding steroid dienone is 1. The Balaban J connectivity index is 2.15. The first-order chi connectivity index (χ1) is 12.8. The summed E-state index contributed by atoms with van der Waals surface area (Å²) in [5.41, 5.74) is 0.124. The van der Waals surface area contributed by atoms with Gasteiger partial charge in [-0.1, -0.05) is 12.1 Å². The molecule has 1 aromatic carbocycles. The second-order valence-corrected chi connectivity index (χ2v) is 5.94. The standard InChI is InChI=1S/C19H20N2O6/c1-11(21-19(25)14(10-20)12(2)22)16-9-13-5-3-6-15(18(13)27-16)26-8-4-7-17(23)24/h3,5-6,9,11,22H,4,7-8H2,1-2H3,(H,21,25)(H,23,24)/b14-12-. The highest BCUT2D eigenvalue weighted by atomic mass is 16.5. The molecule has 0 spiro atoms. The number of furan rings is 1. The van der Waals surface area contributed by atoms with E-state index >= 15 is 0 Å². The van der Waals surface area contributed by atoms with Crippen molar-refractivity contribution in [2.24, 2.45) is 0 Å². The first-order valence-electron chi connectivity index (χ1n) is 8.31. The van der Waals surface area contributed by atoms with Crippen LogP contribution in [0.2, 0.25) is 0 Å². The number of ether oxygens (including phenoxy) is 1. The average molecular weight is 372 g/mol. The Kier molecular flexibility index (Phi) is 6.44. The Bertz CT molecular complexity index is 918. The summed E-state index contributed by atoms with van der Waals surface area (Å²) >= 11 is 0. The number of nitriles is 1. The Hall–Kier alpha value is -3.47. The van der Waals surface area contributed by atoms with Gasteiger partial charge in [-0.25, -0.2) is 0 Å². The van der Waals surface area contributed by atoms with Crippen molar-refractivity contribution in [3.63, 3.8) is 0 Å². The topological polar surface area (TPSA) is 133 Å². The van der Waals surface area contributed by atoms with Crippen LogP contribution >= 0.6 is 0 Å². The Morgan fingerprint density at radius 1 is 1.37 bits per heavy atom. The SMILES string of the molecule is C/C(O)=C(\C#N)C(=O)NC(C)c1cc2cccc(OCCCC(=O)O)c2o1. The first kappa shape index (κ1) is 19.8. The van der Waals surface area contributed by atoms with E-state index in [2.05, 4.69) is 5.32 Å². The summed E-state index contributed by atoms with van der Waals surface area (Å²) in [5, 5.41) is 30.3. The Morgan fingerprint density at radius 3 is 2.74 bits per heavy atom. The van der Waals surface area contributed by atoms with Crippen LogP contribution in [0, 0.1) is 11.3 Å². The summed E-state index contributed by atoms with van der Waals surface area (Å²) in [6, 6.07) is 8.16. The minimum Gasteiger partial charge on any atom is -0.511 e. The minimum atomic E-state index is -0.884. The number of carboxylic acids is 1. The van der Waals surface area contributed by atoms with Gasteiger partial charge in [0, 0.05) is 11.8 Å². The maximum atomic E-state index is 12.0. The summed E-state index contributed by atoms with van der Waals surface area (Å²) in [7, 11) is 0. The zero-order valence-electron chi connectivity index (χ0n) is 15.0. The van der Waals surface area contributed by atoms with Gasteiger partial charge in [0.05, 0.1) is 12.6 Å². The molecule has 0 aliphatic rings. The number of nitrogens with zero attached hydrogens (tertiary/aromatic N) is 1. The van der Waals surface area contributed by atoms with Gasteiger partial charge in [-0.2, -0.15) is 5.26 Å². The summed E-state index contributed by atoms with van der Waals surface area (Å²) in [5.74, 6) is -1.01. The van der Waals surface area contributed by atoms with Gasteiger partial charge in [0.25, 0.3) is 5.91 Å². The second-order valence-electron chi connectivity index (χ2n) is 5.94. The van der Waals surface area contributed by atoms with E-state index in [1.807, 2.05) is 6.07 Å². The highest BCUT2D eigenvalue weighted by Crippen LogP contribution is 2.31. The van der Waals surface area contributed by atoms with Crippen LogP contribution in [0.5, 0.6) is 5.75 Å². The number of hydrogen-bond acceptors (Lipinski definition) is 6. The zero-order valence-corrected chi connectivity index (χ0v) is 15.0. The number of aliphatic carboxylic acids is 1. The predicted molar refractivity (Wildman–Crippen MR) is 96.1 cm³/mol. The molecular formula is C19H20N2O6. The quantitative estimate of drug-likeness (QED) is 0.280. The number of carbonyl (C=O) groups is 2. The van der Waals surface area contributed by atoms with Gasteiger partial charge in [-0.05, 0) is 32.4 Å². The molecule has 1 atom stereocenters. The van der Waals surface area contributed by atoms with Crippen molar-refractivity contribution < 1.29 is 29.0 Å². The molecule has 0 radical (unpaired) electrons. The molecule has 8 heteroatoms. The minimum absolute atomic E-state index is 0.0153. The number of benzene rings is 1. The number of hydrogen-bond donors (Lipinski definition) is 3. The van der Waals surface area contributed by atoms with Gasteiger partial charge in [0.1, 0.15) is 17.6 Å². The van der Waals surface area contributed by atoms with Crippen LogP contribution < -0.4 is 10.1 Å². The summed E-state index contributed by atoms with van der Waals surface area (Å²) in [6.07, 6.45) is 0.386. The van der Waals surface area contributed by atoms with E-state index in [1.165, 1.54) is 6.92 Å². The van der Waals surface area contributed by atoms with Crippen LogP contribution in [-0.4, -0.2) is 28.7 Å². The molecule has 1 heterocycles. The molecule has 0 aliphatic heterocycles. The fourth-order valence-electron chi connectivity index (χ4n) is 2.42. The maximum Gasteiger partial charge on any atom is 0.303 e. The van der Waals surface area contributed by atoms with Gasteiger partial charge < -0.3 is 24.7 Å². The Morgan fingerprint density at radius 2 is 2.11 bits per heavy atom. The van der Waals surface area contributed by atoms with Crippen LogP contribution in [0.3, 0.4) is 0 Å². The lowest BCUT2D eigenvalue weighted by atomic mass is 10.2. The number of aliphatic hydroxyl groups is 1. The van der Waals surface area contributed by atoms with Crippen molar-refractivity contribution in [3.8, 4) is 11.8 Å². The van der Waals surface area contributed by atoms with Crippen molar-refractivity contribution >= 4 is 22.8 Å². The molecule has 0 saturated carbocycles. The van der Waals surface area contributed by atoms with Crippen LogP contribution in [0.15, 0.2) is 40.0 Å².